The summed E-state index contributed by atoms with van der Waals surface area (Å²) >= 11 is 4.68. The van der Waals surface area contributed by atoms with Gasteiger partial charge in [0.25, 0.3) is 10.1 Å². The highest BCUT2D eigenvalue weighted by Gasteiger charge is 2.18. The molecule has 0 aliphatic carbocycles. The van der Waals surface area contributed by atoms with E-state index in [1.165, 1.54) is 19.2 Å². The Labute approximate surface area is 105 Å². The highest BCUT2D eigenvalue weighted by Crippen LogP contribution is 2.30. The maximum atomic E-state index is 11.1. The maximum Gasteiger partial charge on any atom is 0.298 e. The summed E-state index contributed by atoms with van der Waals surface area (Å²) in [6.07, 6.45) is 0. The number of nitrogens with one attached hydrogen (secondary N) is 1. The second-order valence-corrected chi connectivity index (χ2v) is 5.11. The zero-order valence-electron chi connectivity index (χ0n) is 9.22. The number of thiocarbonyl (C=S) groups is 1. The van der Waals surface area contributed by atoms with E-state index in [9.17, 15) is 8.42 Å². The predicted octanol–water partition coefficient (Wildman–Crippen LogP) is 0.906. The van der Waals surface area contributed by atoms with Crippen molar-refractivity contribution in [1.29, 1.82) is 0 Å². The molecular formula is C9H12N2O4S2. The third-order valence-corrected chi connectivity index (χ3v) is 3.02. The number of ether oxygens (including phenoxy) is 1. The fraction of sp³-hybridized carbons (Fsp3) is 0.222. The third kappa shape index (κ3) is 3.29. The molecule has 0 amide bonds. The monoisotopic (exact) mass is 276 g/mol. The number of aryl methyl sites for hydroxylation is 1. The first-order valence-corrected chi connectivity index (χ1v) is 6.33. The van der Waals surface area contributed by atoms with Crippen LogP contribution in [0.1, 0.15) is 5.56 Å². The number of nitrogens with two attached hydrogens (primary N) is 1. The Kier molecular flexibility index (Phi) is 3.91. The van der Waals surface area contributed by atoms with Gasteiger partial charge >= 0.3 is 0 Å². The predicted molar refractivity (Wildman–Crippen MR) is 68.0 cm³/mol. The molecule has 0 aliphatic rings. The van der Waals surface area contributed by atoms with Crippen molar-refractivity contribution in [2.24, 2.45) is 5.73 Å². The van der Waals surface area contributed by atoms with E-state index in [-0.39, 0.29) is 15.8 Å². The van der Waals surface area contributed by atoms with Gasteiger partial charge in [0, 0.05) is 11.8 Å². The highest BCUT2D eigenvalue weighted by atomic mass is 32.2. The van der Waals surface area contributed by atoms with Gasteiger partial charge in [-0.2, -0.15) is 8.42 Å². The van der Waals surface area contributed by atoms with Gasteiger partial charge in [-0.3, -0.25) is 4.55 Å². The largest absolute Gasteiger partial charge is 0.495 e. The molecule has 0 saturated heterocycles. The van der Waals surface area contributed by atoms with E-state index in [4.69, 9.17) is 15.0 Å². The molecule has 0 radical (unpaired) electrons. The van der Waals surface area contributed by atoms with Gasteiger partial charge in [-0.1, -0.05) is 0 Å². The number of methoxy groups -OCH3 is 1. The topological polar surface area (TPSA) is 102 Å². The zero-order valence-corrected chi connectivity index (χ0v) is 10.9. The lowest BCUT2D eigenvalue weighted by Gasteiger charge is -2.12. The SMILES string of the molecule is COc1cc(NC(N)=S)c(C)cc1S(=O)(=O)O. The molecule has 17 heavy (non-hydrogen) atoms. The van der Waals surface area contributed by atoms with E-state index in [1.807, 2.05) is 0 Å². The molecule has 0 fully saturated rings. The van der Waals surface area contributed by atoms with Crippen molar-refractivity contribution >= 4 is 33.1 Å². The average molecular weight is 276 g/mol. The molecule has 1 aromatic rings. The van der Waals surface area contributed by atoms with Gasteiger partial charge in [0.15, 0.2) is 5.11 Å². The molecule has 4 N–H and O–H groups in total. The number of hydrogen-bond acceptors (Lipinski definition) is 4. The first-order valence-electron chi connectivity index (χ1n) is 4.48. The van der Waals surface area contributed by atoms with Gasteiger partial charge in [0.05, 0.1) is 7.11 Å². The van der Waals surface area contributed by atoms with Crippen LogP contribution in [0, 0.1) is 6.92 Å². The molecular weight excluding hydrogens is 264 g/mol. The summed E-state index contributed by atoms with van der Waals surface area (Å²) < 4.78 is 36.1. The molecule has 0 heterocycles. The Bertz CT molecular complexity index is 554. The second kappa shape index (κ2) is 4.86. The van der Waals surface area contributed by atoms with Crippen molar-refractivity contribution in [3.8, 4) is 5.75 Å². The van der Waals surface area contributed by atoms with Crippen LogP contribution in [0.3, 0.4) is 0 Å². The minimum absolute atomic E-state index is 0.0110. The van der Waals surface area contributed by atoms with Crippen LogP contribution in [0.2, 0.25) is 0 Å². The van der Waals surface area contributed by atoms with Gasteiger partial charge in [0.1, 0.15) is 10.6 Å². The normalized spacial score (nSPS) is 11.0. The number of hydrogen-bond donors (Lipinski definition) is 3. The van der Waals surface area contributed by atoms with E-state index < -0.39 is 10.1 Å². The van der Waals surface area contributed by atoms with Crippen LogP contribution < -0.4 is 15.8 Å². The van der Waals surface area contributed by atoms with E-state index in [2.05, 4.69) is 17.5 Å². The van der Waals surface area contributed by atoms with E-state index >= 15 is 0 Å². The van der Waals surface area contributed by atoms with Crippen molar-refractivity contribution < 1.29 is 17.7 Å². The fourth-order valence-corrected chi connectivity index (χ4v) is 2.12. The summed E-state index contributed by atoms with van der Waals surface area (Å²) in [6, 6.07) is 2.67. The summed E-state index contributed by atoms with van der Waals surface area (Å²) in [5.41, 5.74) is 6.40. The minimum Gasteiger partial charge on any atom is -0.495 e. The summed E-state index contributed by atoms with van der Waals surface area (Å²) in [7, 11) is -3.03. The van der Waals surface area contributed by atoms with Crippen molar-refractivity contribution in [3.63, 3.8) is 0 Å². The Morgan fingerprint density at radius 2 is 2.12 bits per heavy atom. The smallest absolute Gasteiger partial charge is 0.298 e. The van der Waals surface area contributed by atoms with Crippen molar-refractivity contribution in [2.75, 3.05) is 12.4 Å². The quantitative estimate of drug-likeness (QED) is 0.557. The number of anilines is 1. The minimum atomic E-state index is -4.33. The van der Waals surface area contributed by atoms with Gasteiger partial charge in [-0.15, -0.1) is 0 Å². The van der Waals surface area contributed by atoms with Crippen LogP contribution in [0.25, 0.3) is 0 Å². The molecule has 0 aliphatic heterocycles. The van der Waals surface area contributed by atoms with E-state index in [0.717, 1.165) is 0 Å². The van der Waals surface area contributed by atoms with Crippen LogP contribution in [0.4, 0.5) is 5.69 Å². The summed E-state index contributed by atoms with van der Waals surface area (Å²) in [5, 5.41) is 2.73. The van der Waals surface area contributed by atoms with Gasteiger partial charge in [-0.25, -0.2) is 0 Å². The van der Waals surface area contributed by atoms with Gasteiger partial charge in [-0.05, 0) is 30.8 Å². The molecule has 0 atom stereocenters. The summed E-state index contributed by atoms with van der Waals surface area (Å²) in [4.78, 5) is -0.300. The second-order valence-electron chi connectivity index (χ2n) is 3.28. The average Bonchev–Trinajstić information content (AvgIpc) is 2.18. The maximum absolute atomic E-state index is 11.1. The zero-order chi connectivity index (χ0) is 13.2. The first kappa shape index (κ1) is 13.7. The lowest BCUT2D eigenvalue weighted by atomic mass is 10.2. The van der Waals surface area contributed by atoms with Gasteiger partial charge < -0.3 is 15.8 Å². The van der Waals surface area contributed by atoms with Crippen LogP contribution in [-0.2, 0) is 10.1 Å². The molecule has 0 unspecified atom stereocenters. The molecule has 1 aromatic carbocycles. The molecule has 1 rings (SSSR count). The van der Waals surface area contributed by atoms with E-state index in [0.29, 0.717) is 11.3 Å². The fourth-order valence-electron chi connectivity index (χ4n) is 1.29. The number of benzene rings is 1. The van der Waals surface area contributed by atoms with Crippen LogP contribution in [0.15, 0.2) is 17.0 Å². The Morgan fingerprint density at radius 1 is 1.53 bits per heavy atom. The summed E-state index contributed by atoms with van der Waals surface area (Å²) in [6.45, 7) is 1.65. The molecule has 0 bridgehead atoms. The highest BCUT2D eigenvalue weighted by molar-refractivity contribution is 7.86. The lowest BCUT2D eigenvalue weighted by molar-refractivity contribution is 0.397. The molecule has 0 spiro atoms. The standard InChI is InChI=1S/C9H12N2O4S2/c1-5-3-8(17(12,13)14)7(15-2)4-6(5)11-9(10)16/h3-4H,1-2H3,(H3,10,11,16)(H,12,13,14). The number of rotatable bonds is 3. The molecule has 94 valence electrons. The van der Waals surface area contributed by atoms with E-state index in [1.54, 1.807) is 6.92 Å². The van der Waals surface area contributed by atoms with Crippen LogP contribution in [-0.4, -0.2) is 25.2 Å². The summed E-state index contributed by atoms with van der Waals surface area (Å²) in [5.74, 6) is 0.0110. The third-order valence-electron chi connectivity index (χ3n) is 2.05. The van der Waals surface area contributed by atoms with Crippen molar-refractivity contribution in [2.45, 2.75) is 11.8 Å². The van der Waals surface area contributed by atoms with Crippen molar-refractivity contribution in [3.05, 3.63) is 17.7 Å². The lowest BCUT2D eigenvalue weighted by Crippen LogP contribution is -2.19. The van der Waals surface area contributed by atoms with Crippen molar-refractivity contribution in [1.82, 2.24) is 0 Å². The molecule has 0 saturated carbocycles. The Morgan fingerprint density at radius 3 is 2.53 bits per heavy atom. The van der Waals surface area contributed by atoms with Crippen LogP contribution >= 0.6 is 12.2 Å². The van der Waals surface area contributed by atoms with Crippen LogP contribution in [0.5, 0.6) is 5.75 Å². The molecule has 8 heteroatoms. The molecule has 0 aromatic heterocycles. The Hall–Kier alpha value is -1.38. The van der Waals surface area contributed by atoms with Gasteiger partial charge in [0.2, 0.25) is 0 Å². The molecule has 6 nitrogen and oxygen atoms in total. The first-order chi connectivity index (χ1) is 7.75. The Balaban J connectivity index is 3.40.